The first kappa shape index (κ1) is 16.1. The molecule has 1 heterocycles. The number of ether oxygens (including phenoxy) is 2. The number of benzene rings is 1. The number of methoxy groups -OCH3 is 1. The summed E-state index contributed by atoms with van der Waals surface area (Å²) in [6.45, 7) is 2.63. The van der Waals surface area contributed by atoms with Crippen molar-refractivity contribution in [2.24, 2.45) is 0 Å². The first-order valence-electron chi connectivity index (χ1n) is 7.02. The molecule has 0 bridgehead atoms. The summed E-state index contributed by atoms with van der Waals surface area (Å²) < 4.78 is 10.6. The lowest BCUT2D eigenvalue weighted by atomic mass is 10.1. The van der Waals surface area contributed by atoms with Gasteiger partial charge in [-0.25, -0.2) is 0 Å². The Morgan fingerprint density at radius 1 is 1.48 bits per heavy atom. The molecule has 2 rings (SSSR count). The number of nitrogens with zero attached hydrogens (tertiary/aromatic N) is 1. The Kier molecular flexibility index (Phi) is 5.85. The van der Waals surface area contributed by atoms with Gasteiger partial charge in [-0.2, -0.15) is 0 Å². The zero-order valence-electron chi connectivity index (χ0n) is 12.4. The molecule has 0 aromatic heterocycles. The number of carbonyl (C=O) groups is 1. The van der Waals surface area contributed by atoms with Gasteiger partial charge < -0.3 is 19.7 Å². The van der Waals surface area contributed by atoms with Crippen LogP contribution in [-0.4, -0.2) is 57.3 Å². The van der Waals surface area contributed by atoms with Crippen LogP contribution in [0.15, 0.2) is 18.2 Å². The molecule has 0 saturated carbocycles. The fourth-order valence-corrected chi connectivity index (χ4v) is 2.53. The highest BCUT2D eigenvalue weighted by atomic mass is 35.5. The zero-order chi connectivity index (χ0) is 15.2. The number of halogens is 1. The molecule has 1 amide bonds. The van der Waals surface area contributed by atoms with Crippen molar-refractivity contribution in [1.82, 2.24) is 10.2 Å². The predicted octanol–water partition coefficient (Wildman–Crippen LogP) is 1.80. The topological polar surface area (TPSA) is 50.8 Å². The van der Waals surface area contributed by atoms with Gasteiger partial charge in [0.2, 0.25) is 0 Å². The molecule has 1 aromatic rings. The van der Waals surface area contributed by atoms with Crippen molar-refractivity contribution in [3.63, 3.8) is 0 Å². The second kappa shape index (κ2) is 7.64. The molecule has 1 atom stereocenters. The van der Waals surface area contributed by atoms with Crippen LogP contribution in [-0.2, 0) is 4.74 Å². The summed E-state index contributed by atoms with van der Waals surface area (Å²) in [5.74, 6) is 0.470. The van der Waals surface area contributed by atoms with Crippen molar-refractivity contribution < 1.29 is 14.3 Å². The Morgan fingerprint density at radius 3 is 2.95 bits per heavy atom. The highest BCUT2D eigenvalue weighted by Gasteiger charge is 2.26. The molecule has 6 heteroatoms. The average Bonchev–Trinajstić information content (AvgIpc) is 3.01. The Morgan fingerprint density at radius 2 is 2.29 bits per heavy atom. The van der Waals surface area contributed by atoms with E-state index in [-0.39, 0.29) is 11.9 Å². The summed E-state index contributed by atoms with van der Waals surface area (Å²) in [6, 6.07) is 5.32. The highest BCUT2D eigenvalue weighted by Crippen LogP contribution is 2.25. The largest absolute Gasteiger partial charge is 0.490 e. The monoisotopic (exact) mass is 312 g/mol. The second-order valence-corrected chi connectivity index (χ2v) is 5.48. The Balaban J connectivity index is 2.15. The van der Waals surface area contributed by atoms with Crippen LogP contribution in [0.4, 0.5) is 0 Å². The van der Waals surface area contributed by atoms with Gasteiger partial charge in [-0.15, -0.1) is 0 Å². The van der Waals surface area contributed by atoms with Crippen LogP contribution < -0.4 is 10.1 Å². The van der Waals surface area contributed by atoms with E-state index in [9.17, 15) is 4.79 Å². The number of nitrogens with one attached hydrogen (secondary N) is 1. The summed E-state index contributed by atoms with van der Waals surface area (Å²) in [7, 11) is 3.43. The summed E-state index contributed by atoms with van der Waals surface area (Å²) in [5.41, 5.74) is 0.494. The molecule has 1 aromatic carbocycles. The minimum Gasteiger partial charge on any atom is -0.490 e. The molecule has 0 spiro atoms. The molecule has 5 nitrogen and oxygen atoms in total. The summed E-state index contributed by atoms with van der Waals surface area (Å²) in [5, 5.41) is 3.78. The van der Waals surface area contributed by atoms with Crippen molar-refractivity contribution in [1.29, 1.82) is 0 Å². The van der Waals surface area contributed by atoms with Crippen LogP contribution in [0.5, 0.6) is 5.75 Å². The van der Waals surface area contributed by atoms with Crippen molar-refractivity contribution in [3.8, 4) is 5.75 Å². The molecule has 1 fully saturated rings. The van der Waals surface area contributed by atoms with E-state index in [1.165, 1.54) is 0 Å². The third kappa shape index (κ3) is 4.09. The fourth-order valence-electron chi connectivity index (χ4n) is 2.36. The molecular formula is C15H21ClN2O3. The van der Waals surface area contributed by atoms with Crippen LogP contribution in [0.25, 0.3) is 0 Å². The first-order valence-corrected chi connectivity index (χ1v) is 7.40. The first-order chi connectivity index (χ1) is 10.1. The summed E-state index contributed by atoms with van der Waals surface area (Å²) >= 11 is 6.02. The van der Waals surface area contributed by atoms with E-state index in [1.807, 2.05) is 7.05 Å². The minimum absolute atomic E-state index is 0.0707. The second-order valence-electron chi connectivity index (χ2n) is 5.04. The summed E-state index contributed by atoms with van der Waals surface area (Å²) in [6.07, 6.45) is 0.961. The quantitative estimate of drug-likeness (QED) is 0.814. The number of hydrogen-bond acceptors (Lipinski definition) is 4. The lowest BCUT2D eigenvalue weighted by Crippen LogP contribution is -2.38. The van der Waals surface area contributed by atoms with Crippen LogP contribution in [0.3, 0.4) is 0 Å². The van der Waals surface area contributed by atoms with Crippen molar-refractivity contribution >= 4 is 17.5 Å². The lowest BCUT2D eigenvalue weighted by Gasteiger charge is -2.25. The number of carbonyl (C=O) groups excluding carboxylic acids is 1. The van der Waals surface area contributed by atoms with E-state index in [0.717, 1.165) is 19.5 Å². The number of amides is 1. The molecule has 21 heavy (non-hydrogen) atoms. The van der Waals surface area contributed by atoms with Crippen LogP contribution in [0.1, 0.15) is 16.8 Å². The van der Waals surface area contributed by atoms with Gasteiger partial charge in [0.25, 0.3) is 5.91 Å². The van der Waals surface area contributed by atoms with E-state index in [1.54, 1.807) is 30.2 Å². The molecule has 1 unspecified atom stereocenters. The number of rotatable bonds is 6. The predicted molar refractivity (Wildman–Crippen MR) is 82.2 cm³/mol. The Labute approximate surface area is 130 Å². The molecule has 116 valence electrons. The summed E-state index contributed by atoms with van der Waals surface area (Å²) in [4.78, 5) is 14.4. The minimum atomic E-state index is -0.0707. The third-order valence-electron chi connectivity index (χ3n) is 3.62. The van der Waals surface area contributed by atoms with Gasteiger partial charge in [-0.1, -0.05) is 11.6 Å². The molecular weight excluding hydrogens is 292 g/mol. The van der Waals surface area contributed by atoms with Gasteiger partial charge in [0, 0.05) is 31.8 Å². The van der Waals surface area contributed by atoms with E-state index in [0.29, 0.717) is 29.5 Å². The SMILES string of the molecule is COCCOc1ccc(Cl)cc1C(=O)N(C)C1CCNC1. The van der Waals surface area contributed by atoms with Crippen LogP contribution >= 0.6 is 11.6 Å². The molecule has 1 aliphatic rings. The standard InChI is InChI=1S/C15H21ClN2O3/c1-18(12-5-6-17-10-12)15(19)13-9-11(16)3-4-14(13)21-8-7-20-2/h3-4,9,12,17H,5-8,10H2,1-2H3. The maximum Gasteiger partial charge on any atom is 0.257 e. The number of hydrogen-bond donors (Lipinski definition) is 1. The Bertz CT molecular complexity index is 490. The molecule has 0 radical (unpaired) electrons. The van der Waals surface area contributed by atoms with Gasteiger partial charge in [0.05, 0.1) is 12.2 Å². The lowest BCUT2D eigenvalue weighted by molar-refractivity contribution is 0.0736. The van der Waals surface area contributed by atoms with Gasteiger partial charge in [0.1, 0.15) is 12.4 Å². The highest BCUT2D eigenvalue weighted by molar-refractivity contribution is 6.31. The smallest absolute Gasteiger partial charge is 0.257 e. The van der Waals surface area contributed by atoms with Gasteiger partial charge >= 0.3 is 0 Å². The maximum atomic E-state index is 12.7. The fraction of sp³-hybridized carbons (Fsp3) is 0.533. The molecule has 1 N–H and O–H groups in total. The molecule has 1 aliphatic heterocycles. The van der Waals surface area contributed by atoms with Crippen molar-refractivity contribution in [2.45, 2.75) is 12.5 Å². The molecule has 1 saturated heterocycles. The maximum absolute atomic E-state index is 12.7. The van der Waals surface area contributed by atoms with Crippen molar-refractivity contribution in [3.05, 3.63) is 28.8 Å². The van der Waals surface area contributed by atoms with Crippen LogP contribution in [0.2, 0.25) is 5.02 Å². The van der Waals surface area contributed by atoms with Crippen molar-refractivity contribution in [2.75, 3.05) is 40.5 Å². The van der Waals surface area contributed by atoms with Gasteiger partial charge in [-0.05, 0) is 31.2 Å². The zero-order valence-corrected chi connectivity index (χ0v) is 13.2. The normalized spacial score (nSPS) is 17.8. The number of likely N-dealkylation sites (N-methyl/N-ethyl adjacent to an activating group) is 1. The van der Waals surface area contributed by atoms with Gasteiger partial charge in [-0.3, -0.25) is 4.79 Å². The molecule has 0 aliphatic carbocycles. The van der Waals surface area contributed by atoms with Gasteiger partial charge in [0.15, 0.2) is 0 Å². The average molecular weight is 313 g/mol. The Hall–Kier alpha value is -1.30. The van der Waals surface area contributed by atoms with E-state index < -0.39 is 0 Å². The van der Waals surface area contributed by atoms with E-state index in [2.05, 4.69) is 5.32 Å². The van der Waals surface area contributed by atoms with Crippen LogP contribution in [0, 0.1) is 0 Å². The third-order valence-corrected chi connectivity index (χ3v) is 3.85. The van der Waals surface area contributed by atoms with E-state index in [4.69, 9.17) is 21.1 Å². The van der Waals surface area contributed by atoms with E-state index >= 15 is 0 Å².